The van der Waals surface area contributed by atoms with Gasteiger partial charge in [-0.25, -0.2) is 0 Å². The van der Waals surface area contributed by atoms with Gasteiger partial charge in [0, 0.05) is 31.2 Å². The highest BCUT2D eigenvalue weighted by atomic mass is 16.2. The van der Waals surface area contributed by atoms with E-state index in [1.807, 2.05) is 37.1 Å². The molecule has 1 N–H and O–H groups in total. The van der Waals surface area contributed by atoms with E-state index in [1.165, 1.54) is 5.56 Å². The van der Waals surface area contributed by atoms with Gasteiger partial charge in [0.25, 0.3) is 11.5 Å². The first-order valence-electron chi connectivity index (χ1n) is 8.96. The molecule has 0 aliphatic carbocycles. The van der Waals surface area contributed by atoms with E-state index in [-0.39, 0.29) is 22.9 Å². The minimum Gasteiger partial charge on any atom is -0.338 e. The van der Waals surface area contributed by atoms with E-state index >= 15 is 0 Å². The largest absolute Gasteiger partial charge is 0.338 e. The number of likely N-dealkylation sites (tertiary alicyclic amines) is 1. The average molecular weight is 339 g/mol. The van der Waals surface area contributed by atoms with Crippen LogP contribution in [0.4, 0.5) is 0 Å². The number of amides is 1. The van der Waals surface area contributed by atoms with E-state index in [0.29, 0.717) is 19.0 Å². The molecule has 1 saturated heterocycles. The molecule has 1 fully saturated rings. The Bertz CT molecular complexity index is 783. The Morgan fingerprint density at radius 2 is 2.20 bits per heavy atom. The van der Waals surface area contributed by atoms with Gasteiger partial charge in [0.15, 0.2) is 0 Å². The van der Waals surface area contributed by atoms with Crippen LogP contribution in [0.5, 0.6) is 0 Å². The molecule has 5 nitrogen and oxygen atoms in total. The molecule has 0 bridgehead atoms. The summed E-state index contributed by atoms with van der Waals surface area (Å²) in [6, 6.07) is 7.53. The number of H-pyrrole nitrogens is 1. The molecule has 0 unspecified atom stereocenters. The second-order valence-electron chi connectivity index (χ2n) is 7.14. The lowest BCUT2D eigenvalue weighted by molar-refractivity contribution is 0.0671. The molecule has 5 heteroatoms. The van der Waals surface area contributed by atoms with E-state index in [4.69, 9.17) is 0 Å². The molecule has 0 aromatic carbocycles. The van der Waals surface area contributed by atoms with Gasteiger partial charge in [-0.15, -0.1) is 0 Å². The number of carbonyl (C=O) groups excluding carboxylic acids is 1. The molecule has 0 saturated carbocycles. The summed E-state index contributed by atoms with van der Waals surface area (Å²) in [5.74, 6) is 0.485. The van der Waals surface area contributed by atoms with E-state index in [9.17, 15) is 9.59 Å². The minimum atomic E-state index is -0.286. The number of hydrogen-bond acceptors (Lipinski definition) is 3. The predicted molar refractivity (Wildman–Crippen MR) is 97.7 cm³/mol. The van der Waals surface area contributed by atoms with Gasteiger partial charge in [0.05, 0.1) is 0 Å². The van der Waals surface area contributed by atoms with Crippen LogP contribution in [0.15, 0.2) is 41.5 Å². The Labute approximate surface area is 148 Å². The first-order valence-corrected chi connectivity index (χ1v) is 8.96. The number of hydrogen-bond donors (Lipinski definition) is 1. The van der Waals surface area contributed by atoms with Crippen LogP contribution in [0.3, 0.4) is 0 Å². The van der Waals surface area contributed by atoms with E-state index < -0.39 is 0 Å². The number of aromatic amines is 1. The van der Waals surface area contributed by atoms with Crippen LogP contribution < -0.4 is 5.56 Å². The second-order valence-corrected chi connectivity index (χ2v) is 7.14. The lowest BCUT2D eigenvalue weighted by Crippen LogP contribution is -2.42. The number of pyridine rings is 2. The number of carbonyl (C=O) groups is 1. The summed E-state index contributed by atoms with van der Waals surface area (Å²) in [5.41, 5.74) is 2.01. The maximum Gasteiger partial charge on any atom is 0.261 e. The van der Waals surface area contributed by atoms with Crippen molar-refractivity contribution >= 4 is 5.91 Å². The quantitative estimate of drug-likeness (QED) is 0.931. The lowest BCUT2D eigenvalue weighted by atomic mass is 9.91. The number of piperidine rings is 1. The molecule has 2 aromatic rings. The zero-order chi connectivity index (χ0) is 17.8. The van der Waals surface area contributed by atoms with Crippen LogP contribution in [0.1, 0.15) is 54.2 Å². The van der Waals surface area contributed by atoms with E-state index in [2.05, 4.69) is 16.0 Å². The molecule has 3 heterocycles. The van der Waals surface area contributed by atoms with Gasteiger partial charge >= 0.3 is 0 Å². The van der Waals surface area contributed by atoms with Gasteiger partial charge in [-0.1, -0.05) is 19.9 Å². The molecule has 0 spiro atoms. The number of aromatic nitrogens is 2. The monoisotopic (exact) mass is 339 g/mol. The van der Waals surface area contributed by atoms with Gasteiger partial charge in [-0.3, -0.25) is 14.6 Å². The van der Waals surface area contributed by atoms with Gasteiger partial charge in [0.2, 0.25) is 0 Å². The van der Waals surface area contributed by atoms with E-state index in [0.717, 1.165) is 25.0 Å². The maximum atomic E-state index is 12.8. The topological polar surface area (TPSA) is 66.1 Å². The Morgan fingerprint density at radius 1 is 1.36 bits per heavy atom. The number of rotatable bonds is 4. The Morgan fingerprint density at radius 3 is 2.88 bits per heavy atom. The highest BCUT2D eigenvalue weighted by Crippen LogP contribution is 2.21. The van der Waals surface area contributed by atoms with Crippen molar-refractivity contribution in [3.8, 4) is 0 Å². The van der Waals surface area contributed by atoms with E-state index in [1.54, 1.807) is 12.3 Å². The van der Waals surface area contributed by atoms with Crippen LogP contribution >= 0.6 is 0 Å². The predicted octanol–water partition coefficient (Wildman–Crippen LogP) is 2.99. The summed E-state index contributed by atoms with van der Waals surface area (Å²) >= 11 is 0. The zero-order valence-electron chi connectivity index (χ0n) is 14.9. The SMILES string of the molecule is CC(C)c1ccc(C(=O)N2CCC[C@H](Cc3cccnc3)C2)c(=O)[nH]1. The zero-order valence-corrected chi connectivity index (χ0v) is 14.9. The molecule has 0 radical (unpaired) electrons. The molecule has 3 rings (SSSR count). The van der Waals surface area contributed by atoms with Crippen molar-refractivity contribution in [1.29, 1.82) is 0 Å². The summed E-state index contributed by atoms with van der Waals surface area (Å²) in [5, 5.41) is 0. The summed E-state index contributed by atoms with van der Waals surface area (Å²) in [4.78, 5) is 33.9. The standard InChI is InChI=1S/C20H25N3O2/c1-14(2)18-8-7-17(19(24)22-18)20(25)23-10-4-6-16(13-23)11-15-5-3-9-21-12-15/h3,5,7-9,12,14,16H,4,6,10-11,13H2,1-2H3,(H,22,24)/t16-/m1/s1. The fraction of sp³-hybridized carbons (Fsp3) is 0.450. The summed E-state index contributed by atoms with van der Waals surface area (Å²) < 4.78 is 0. The molecule has 1 aliphatic rings. The van der Waals surface area contributed by atoms with Gasteiger partial charge in [-0.05, 0) is 54.9 Å². The van der Waals surface area contributed by atoms with Crippen molar-refractivity contribution in [2.24, 2.45) is 5.92 Å². The van der Waals surface area contributed by atoms with Crippen molar-refractivity contribution in [2.45, 2.75) is 39.0 Å². The smallest absolute Gasteiger partial charge is 0.261 e. The molecular weight excluding hydrogens is 314 g/mol. The third-order valence-electron chi connectivity index (χ3n) is 4.84. The van der Waals surface area contributed by atoms with Crippen LogP contribution in [0.25, 0.3) is 0 Å². The summed E-state index contributed by atoms with van der Waals surface area (Å²) in [6.45, 7) is 5.44. The summed E-state index contributed by atoms with van der Waals surface area (Å²) in [7, 11) is 0. The maximum absolute atomic E-state index is 12.8. The number of nitrogens with one attached hydrogen (secondary N) is 1. The Kier molecular flexibility index (Phi) is 5.31. The molecule has 25 heavy (non-hydrogen) atoms. The average Bonchev–Trinajstić information content (AvgIpc) is 2.62. The summed E-state index contributed by atoms with van der Waals surface area (Å²) in [6.07, 6.45) is 6.64. The third kappa shape index (κ3) is 4.16. The molecule has 1 aliphatic heterocycles. The lowest BCUT2D eigenvalue weighted by Gasteiger charge is -2.32. The van der Waals surface area contributed by atoms with Gasteiger partial charge < -0.3 is 9.88 Å². The first-order chi connectivity index (χ1) is 12.0. The highest BCUT2D eigenvalue weighted by molar-refractivity contribution is 5.93. The number of nitrogens with zero attached hydrogens (tertiary/aromatic N) is 2. The normalized spacial score (nSPS) is 17.7. The van der Waals surface area contributed by atoms with Crippen LogP contribution in [0.2, 0.25) is 0 Å². The third-order valence-corrected chi connectivity index (χ3v) is 4.84. The van der Waals surface area contributed by atoms with Crippen LogP contribution in [-0.2, 0) is 6.42 Å². The second kappa shape index (κ2) is 7.64. The van der Waals surface area contributed by atoms with Crippen molar-refractivity contribution in [2.75, 3.05) is 13.1 Å². The fourth-order valence-corrected chi connectivity index (χ4v) is 3.43. The van der Waals surface area contributed by atoms with Crippen molar-refractivity contribution in [1.82, 2.24) is 14.9 Å². The Hall–Kier alpha value is -2.43. The highest BCUT2D eigenvalue weighted by Gasteiger charge is 2.26. The van der Waals surface area contributed by atoms with Crippen molar-refractivity contribution in [3.63, 3.8) is 0 Å². The minimum absolute atomic E-state index is 0.160. The van der Waals surface area contributed by atoms with Crippen LogP contribution in [0, 0.1) is 5.92 Å². The Balaban J connectivity index is 1.71. The fourth-order valence-electron chi connectivity index (χ4n) is 3.43. The van der Waals surface area contributed by atoms with Crippen LogP contribution in [-0.4, -0.2) is 33.9 Å². The molecular formula is C20H25N3O2. The van der Waals surface area contributed by atoms with Crippen molar-refractivity contribution < 1.29 is 4.79 Å². The molecule has 132 valence electrons. The van der Waals surface area contributed by atoms with Gasteiger partial charge in [0.1, 0.15) is 5.56 Å². The molecule has 1 atom stereocenters. The van der Waals surface area contributed by atoms with Crippen molar-refractivity contribution in [3.05, 3.63) is 63.8 Å². The van der Waals surface area contributed by atoms with Gasteiger partial charge in [-0.2, -0.15) is 0 Å². The molecule has 1 amide bonds. The first kappa shape index (κ1) is 17.4. The molecule has 2 aromatic heterocycles.